The SMILES string of the molecule is CCOC(=O)N(Cc1ncc(-c2cccc(-c3cccc(NC(=O)c4ccnn(C)c4=O)c3Cl)c2Cl)nc1OC)CC1CCC(=O)N1. The zero-order valence-corrected chi connectivity index (χ0v) is 27.3. The van der Waals surface area contributed by atoms with E-state index in [-0.39, 0.29) is 53.8 Å². The van der Waals surface area contributed by atoms with Crippen LogP contribution >= 0.6 is 23.2 Å². The zero-order chi connectivity index (χ0) is 33.7. The van der Waals surface area contributed by atoms with Crippen molar-refractivity contribution < 1.29 is 23.9 Å². The highest BCUT2D eigenvalue weighted by molar-refractivity contribution is 6.39. The van der Waals surface area contributed by atoms with E-state index in [1.807, 2.05) is 0 Å². The van der Waals surface area contributed by atoms with Crippen molar-refractivity contribution in [1.29, 1.82) is 0 Å². The standard InChI is InChI=1S/C32H31Cl2N7O6/c1-4-47-32(45)41(16-18-11-12-26(42)37-18)17-25-30(46-3)39-24(15-35-25)21-9-5-7-19(27(21)33)20-8-6-10-23(28(20)34)38-29(43)22-13-14-36-40(2)31(22)44/h5-10,13-15,18H,4,11-12,16-17H2,1-3H3,(H,37,42)(H,38,43). The van der Waals surface area contributed by atoms with Crippen LogP contribution in [0.2, 0.25) is 10.0 Å². The van der Waals surface area contributed by atoms with E-state index >= 15 is 0 Å². The van der Waals surface area contributed by atoms with E-state index in [1.165, 1.54) is 37.5 Å². The Morgan fingerprint density at radius 2 is 1.81 bits per heavy atom. The van der Waals surface area contributed by atoms with Crippen LogP contribution in [0, 0.1) is 0 Å². The number of carbonyl (C=O) groups excluding carboxylic acids is 3. The Kier molecular flexibility index (Phi) is 10.4. The lowest BCUT2D eigenvalue weighted by molar-refractivity contribution is -0.119. The van der Waals surface area contributed by atoms with Gasteiger partial charge >= 0.3 is 6.09 Å². The van der Waals surface area contributed by atoms with Gasteiger partial charge in [0.15, 0.2) is 0 Å². The third-order valence-corrected chi connectivity index (χ3v) is 8.27. The molecule has 244 valence electrons. The Balaban J connectivity index is 1.42. The number of ether oxygens (including phenoxy) is 2. The average Bonchev–Trinajstić information content (AvgIpc) is 3.47. The first-order valence-electron chi connectivity index (χ1n) is 14.6. The van der Waals surface area contributed by atoms with Crippen LogP contribution in [0.15, 0.2) is 59.7 Å². The molecule has 47 heavy (non-hydrogen) atoms. The molecular weight excluding hydrogens is 649 g/mol. The van der Waals surface area contributed by atoms with Gasteiger partial charge in [0.1, 0.15) is 11.3 Å². The van der Waals surface area contributed by atoms with Crippen LogP contribution in [-0.4, -0.2) is 68.9 Å². The quantitative estimate of drug-likeness (QED) is 0.242. The molecule has 0 saturated carbocycles. The largest absolute Gasteiger partial charge is 0.480 e. The molecule has 0 spiro atoms. The molecule has 2 aromatic carbocycles. The van der Waals surface area contributed by atoms with Crippen LogP contribution in [0.4, 0.5) is 10.5 Å². The summed E-state index contributed by atoms with van der Waals surface area (Å²) in [6.07, 6.45) is 3.34. The van der Waals surface area contributed by atoms with Crippen molar-refractivity contribution in [2.24, 2.45) is 7.05 Å². The summed E-state index contributed by atoms with van der Waals surface area (Å²) >= 11 is 13.7. The van der Waals surface area contributed by atoms with E-state index in [9.17, 15) is 19.2 Å². The Labute approximate surface area is 279 Å². The summed E-state index contributed by atoms with van der Waals surface area (Å²) in [6, 6.07) is 11.5. The molecule has 5 rings (SSSR count). The van der Waals surface area contributed by atoms with Crippen LogP contribution in [-0.2, 0) is 23.1 Å². The van der Waals surface area contributed by atoms with Gasteiger partial charge in [-0.15, -0.1) is 0 Å². The lowest BCUT2D eigenvalue weighted by Crippen LogP contribution is -2.42. The van der Waals surface area contributed by atoms with Gasteiger partial charge in [0.2, 0.25) is 11.8 Å². The molecule has 3 heterocycles. The molecule has 1 unspecified atom stereocenters. The van der Waals surface area contributed by atoms with Crippen LogP contribution in [0.1, 0.15) is 35.8 Å². The van der Waals surface area contributed by atoms with Crippen molar-refractivity contribution in [3.05, 3.63) is 86.5 Å². The third kappa shape index (κ3) is 7.36. The highest BCUT2D eigenvalue weighted by Crippen LogP contribution is 2.41. The van der Waals surface area contributed by atoms with Crippen molar-refractivity contribution >= 4 is 46.8 Å². The number of amides is 3. The fourth-order valence-corrected chi connectivity index (χ4v) is 5.72. The van der Waals surface area contributed by atoms with Crippen molar-refractivity contribution in [2.45, 2.75) is 32.4 Å². The van der Waals surface area contributed by atoms with Crippen LogP contribution in [0.3, 0.4) is 0 Å². The Morgan fingerprint density at radius 3 is 2.51 bits per heavy atom. The monoisotopic (exact) mass is 679 g/mol. The highest BCUT2D eigenvalue weighted by Gasteiger charge is 2.28. The van der Waals surface area contributed by atoms with Gasteiger partial charge in [-0.2, -0.15) is 5.10 Å². The van der Waals surface area contributed by atoms with Gasteiger partial charge < -0.3 is 25.0 Å². The molecule has 1 fully saturated rings. The molecule has 1 atom stereocenters. The van der Waals surface area contributed by atoms with Gasteiger partial charge in [-0.25, -0.2) is 14.5 Å². The number of hydrogen-bond acceptors (Lipinski definition) is 9. The van der Waals surface area contributed by atoms with Gasteiger partial charge in [0, 0.05) is 48.9 Å². The van der Waals surface area contributed by atoms with Gasteiger partial charge in [-0.3, -0.25) is 19.4 Å². The van der Waals surface area contributed by atoms with Crippen molar-refractivity contribution in [3.63, 3.8) is 0 Å². The minimum Gasteiger partial charge on any atom is -0.480 e. The van der Waals surface area contributed by atoms with Crippen LogP contribution < -0.4 is 20.9 Å². The van der Waals surface area contributed by atoms with Gasteiger partial charge in [-0.1, -0.05) is 53.5 Å². The summed E-state index contributed by atoms with van der Waals surface area (Å²) in [4.78, 5) is 60.4. The predicted octanol–water partition coefficient (Wildman–Crippen LogP) is 4.71. The normalized spacial score (nSPS) is 14.0. The number of carbonyl (C=O) groups is 3. The molecule has 15 heteroatoms. The summed E-state index contributed by atoms with van der Waals surface area (Å²) in [6.45, 7) is 2.18. The maximum absolute atomic E-state index is 12.9. The molecular formula is C32H31Cl2N7O6. The van der Waals surface area contributed by atoms with Crippen molar-refractivity contribution in [3.8, 4) is 28.3 Å². The molecule has 1 aliphatic rings. The lowest BCUT2D eigenvalue weighted by Gasteiger charge is -2.25. The van der Waals surface area contributed by atoms with Crippen LogP contribution in [0.5, 0.6) is 5.88 Å². The Bertz CT molecular complexity index is 1900. The Morgan fingerprint density at radius 1 is 1.09 bits per heavy atom. The van der Waals surface area contributed by atoms with Gasteiger partial charge in [0.05, 0.1) is 47.9 Å². The number of nitrogens with zero attached hydrogens (tertiary/aromatic N) is 5. The van der Waals surface area contributed by atoms with Crippen molar-refractivity contribution in [1.82, 2.24) is 30.0 Å². The first-order chi connectivity index (χ1) is 22.6. The number of halogens is 2. The van der Waals surface area contributed by atoms with Gasteiger partial charge in [-0.05, 0) is 25.5 Å². The lowest BCUT2D eigenvalue weighted by atomic mass is 10.0. The maximum atomic E-state index is 12.9. The summed E-state index contributed by atoms with van der Waals surface area (Å²) < 4.78 is 11.9. The highest BCUT2D eigenvalue weighted by atomic mass is 35.5. The fraction of sp³-hybridized carbons (Fsp3) is 0.281. The number of hydrogen-bond donors (Lipinski definition) is 2. The third-order valence-electron chi connectivity index (χ3n) is 7.46. The summed E-state index contributed by atoms with van der Waals surface area (Å²) in [5, 5.41) is 9.92. The molecule has 2 N–H and O–H groups in total. The second kappa shape index (κ2) is 14.6. The van der Waals surface area contributed by atoms with E-state index in [4.69, 9.17) is 32.7 Å². The smallest absolute Gasteiger partial charge is 0.410 e. The molecule has 1 saturated heterocycles. The first-order valence-corrected chi connectivity index (χ1v) is 15.4. The van der Waals surface area contributed by atoms with E-state index in [0.717, 1.165) is 4.68 Å². The number of nitrogens with one attached hydrogen (secondary N) is 2. The van der Waals surface area contributed by atoms with E-state index < -0.39 is 17.6 Å². The number of anilines is 1. The second-order valence-electron chi connectivity index (χ2n) is 10.6. The molecule has 0 bridgehead atoms. The number of aryl methyl sites for hydroxylation is 1. The van der Waals surface area contributed by atoms with Crippen LogP contribution in [0.25, 0.3) is 22.4 Å². The summed E-state index contributed by atoms with van der Waals surface area (Å²) in [7, 11) is 2.90. The number of aromatic nitrogens is 4. The first kappa shape index (κ1) is 33.4. The topological polar surface area (TPSA) is 158 Å². The zero-order valence-electron chi connectivity index (χ0n) is 25.8. The molecule has 2 aromatic heterocycles. The molecule has 0 aliphatic carbocycles. The van der Waals surface area contributed by atoms with E-state index in [1.54, 1.807) is 43.3 Å². The number of rotatable bonds is 10. The summed E-state index contributed by atoms with van der Waals surface area (Å²) in [5.41, 5.74) is 2.05. The molecule has 13 nitrogen and oxygen atoms in total. The van der Waals surface area contributed by atoms with Gasteiger partial charge in [0.25, 0.3) is 11.5 Å². The average molecular weight is 681 g/mol. The van der Waals surface area contributed by atoms with E-state index in [2.05, 4.69) is 25.7 Å². The summed E-state index contributed by atoms with van der Waals surface area (Å²) in [5.74, 6) is -0.517. The Hall–Kier alpha value is -5.01. The molecule has 3 amide bonds. The molecule has 0 radical (unpaired) electrons. The second-order valence-corrected chi connectivity index (χ2v) is 11.3. The number of methoxy groups -OCH3 is 1. The maximum Gasteiger partial charge on any atom is 0.410 e. The fourth-order valence-electron chi connectivity index (χ4n) is 5.12. The molecule has 4 aromatic rings. The minimum absolute atomic E-state index is 0.0368. The number of benzene rings is 2. The van der Waals surface area contributed by atoms with Crippen molar-refractivity contribution in [2.75, 3.05) is 25.6 Å². The molecule has 1 aliphatic heterocycles. The predicted molar refractivity (Wildman–Crippen MR) is 176 cm³/mol. The van der Waals surface area contributed by atoms with E-state index in [0.29, 0.717) is 45.9 Å². The minimum atomic E-state index is -0.635.